The maximum atomic E-state index is 12.9. The van der Waals surface area contributed by atoms with E-state index in [-0.39, 0.29) is 24.1 Å². The fourth-order valence-electron chi connectivity index (χ4n) is 3.68. The average molecular weight is 384 g/mol. The van der Waals surface area contributed by atoms with Crippen LogP contribution in [0.25, 0.3) is 5.78 Å². The molecule has 7 nitrogen and oxygen atoms in total. The van der Waals surface area contributed by atoms with Gasteiger partial charge >= 0.3 is 6.18 Å². The van der Waals surface area contributed by atoms with Gasteiger partial charge < -0.3 is 10.2 Å². The highest BCUT2D eigenvalue weighted by atomic mass is 19.4. The van der Waals surface area contributed by atoms with Gasteiger partial charge in [-0.25, -0.2) is 9.50 Å². The number of fused-ring (bicyclic) bond motifs is 1. The topological polar surface area (TPSA) is 75.4 Å². The van der Waals surface area contributed by atoms with Gasteiger partial charge in [0, 0.05) is 36.9 Å². The molecule has 0 spiro atoms. The van der Waals surface area contributed by atoms with Crippen LogP contribution in [-0.4, -0.2) is 56.6 Å². The van der Waals surface area contributed by atoms with Crippen molar-refractivity contribution in [3.05, 3.63) is 22.8 Å². The number of hydrogen-bond acceptors (Lipinski definition) is 5. The lowest BCUT2D eigenvalue weighted by Gasteiger charge is -2.24. The van der Waals surface area contributed by atoms with Gasteiger partial charge in [-0.1, -0.05) is 0 Å². The minimum absolute atomic E-state index is 0.0567. The Labute approximate surface area is 155 Å². The average Bonchev–Trinajstić information content (AvgIpc) is 3.21. The van der Waals surface area contributed by atoms with Crippen LogP contribution >= 0.6 is 0 Å². The first-order chi connectivity index (χ1) is 12.7. The number of halogens is 3. The van der Waals surface area contributed by atoms with E-state index in [1.165, 1.54) is 0 Å². The second-order valence-corrected chi connectivity index (χ2v) is 6.85. The Morgan fingerprint density at radius 2 is 2.04 bits per heavy atom. The van der Waals surface area contributed by atoms with Crippen LogP contribution in [-0.2, 0) is 17.4 Å². The quantitative estimate of drug-likeness (QED) is 0.852. The van der Waals surface area contributed by atoms with Gasteiger partial charge in [0.25, 0.3) is 11.6 Å². The van der Waals surface area contributed by atoms with E-state index in [1.54, 1.807) is 13.8 Å². The highest BCUT2D eigenvalue weighted by Crippen LogP contribution is 2.27. The first kappa shape index (κ1) is 19.5. The Balaban J connectivity index is 1.79. The number of aryl methyl sites for hydroxylation is 2. The maximum Gasteiger partial charge on any atom is 0.453 e. The van der Waals surface area contributed by atoms with Crippen molar-refractivity contribution in [1.29, 1.82) is 0 Å². The van der Waals surface area contributed by atoms with Crippen molar-refractivity contribution in [2.24, 2.45) is 0 Å². The molecule has 1 N–H and O–H groups in total. The number of amides is 1. The van der Waals surface area contributed by atoms with Crippen LogP contribution in [0.15, 0.2) is 0 Å². The molecular weight excluding hydrogens is 361 g/mol. The zero-order valence-electron chi connectivity index (χ0n) is 15.6. The maximum absolute atomic E-state index is 12.9. The summed E-state index contributed by atoms with van der Waals surface area (Å²) in [6.07, 6.45) is -1.96. The minimum atomic E-state index is -4.62. The van der Waals surface area contributed by atoms with E-state index in [0.29, 0.717) is 17.8 Å². The summed E-state index contributed by atoms with van der Waals surface area (Å²) in [7, 11) is 1.86. The Bertz CT molecular complexity index is 847. The molecule has 1 unspecified atom stereocenters. The Morgan fingerprint density at radius 3 is 2.70 bits per heavy atom. The molecule has 0 radical (unpaired) electrons. The first-order valence-electron chi connectivity index (χ1n) is 8.96. The van der Waals surface area contributed by atoms with Gasteiger partial charge in [-0.15, -0.1) is 5.10 Å². The summed E-state index contributed by atoms with van der Waals surface area (Å²) in [5.74, 6) is -1.24. The summed E-state index contributed by atoms with van der Waals surface area (Å²) >= 11 is 0. The van der Waals surface area contributed by atoms with Crippen LogP contribution in [0.4, 0.5) is 13.2 Å². The molecule has 1 fully saturated rings. The molecule has 10 heteroatoms. The standard InChI is InChI=1S/C17H23F3N6O/c1-10-13(6-7-14(27)25-8-4-5-12(25)9-21-3)11(2)26-16(22-10)23-15(24-26)17(18,19)20/h12,21H,4-9H2,1-3H3. The number of rotatable bonds is 5. The number of carbonyl (C=O) groups is 1. The number of likely N-dealkylation sites (N-methyl/N-ethyl adjacent to an activating group) is 1. The van der Waals surface area contributed by atoms with Crippen molar-refractivity contribution in [1.82, 2.24) is 29.8 Å². The van der Waals surface area contributed by atoms with Crippen LogP contribution in [0.1, 0.15) is 42.0 Å². The van der Waals surface area contributed by atoms with Crippen molar-refractivity contribution in [3.8, 4) is 0 Å². The van der Waals surface area contributed by atoms with E-state index in [2.05, 4.69) is 20.4 Å². The number of alkyl halides is 3. The molecule has 0 aromatic carbocycles. The van der Waals surface area contributed by atoms with Crippen LogP contribution < -0.4 is 5.32 Å². The summed E-state index contributed by atoms with van der Waals surface area (Å²) in [6.45, 7) is 4.90. The van der Waals surface area contributed by atoms with Gasteiger partial charge in [0.05, 0.1) is 0 Å². The number of aromatic nitrogens is 4. The number of likely N-dealkylation sites (tertiary alicyclic amines) is 1. The molecule has 2 aromatic rings. The normalized spacial score (nSPS) is 17.9. The molecule has 1 aliphatic rings. The predicted octanol–water partition coefficient (Wildman–Crippen LogP) is 1.90. The first-order valence-corrected chi connectivity index (χ1v) is 8.96. The number of carbonyl (C=O) groups excluding carboxylic acids is 1. The predicted molar refractivity (Wildman–Crippen MR) is 92.2 cm³/mol. The van der Waals surface area contributed by atoms with Crippen molar-refractivity contribution < 1.29 is 18.0 Å². The number of hydrogen-bond donors (Lipinski definition) is 1. The van der Waals surface area contributed by atoms with Gasteiger partial charge in [0.15, 0.2) is 0 Å². The zero-order valence-corrected chi connectivity index (χ0v) is 15.6. The van der Waals surface area contributed by atoms with E-state index in [9.17, 15) is 18.0 Å². The van der Waals surface area contributed by atoms with Crippen molar-refractivity contribution in [2.45, 2.75) is 51.7 Å². The lowest BCUT2D eigenvalue weighted by atomic mass is 10.1. The molecule has 0 aliphatic carbocycles. The molecule has 1 amide bonds. The molecular formula is C17H23F3N6O. The van der Waals surface area contributed by atoms with E-state index in [1.807, 2.05) is 11.9 Å². The van der Waals surface area contributed by atoms with Crippen LogP contribution in [0, 0.1) is 13.8 Å². The molecule has 148 valence electrons. The summed E-state index contributed by atoms with van der Waals surface area (Å²) in [5.41, 5.74) is 1.84. The van der Waals surface area contributed by atoms with Crippen molar-refractivity contribution in [3.63, 3.8) is 0 Å². The summed E-state index contributed by atoms with van der Waals surface area (Å²) in [4.78, 5) is 22.1. The Hall–Kier alpha value is -2.23. The lowest BCUT2D eigenvalue weighted by molar-refractivity contribution is -0.144. The summed E-state index contributed by atoms with van der Waals surface area (Å²) in [5, 5.41) is 6.65. The van der Waals surface area contributed by atoms with Gasteiger partial charge in [-0.05, 0) is 45.7 Å². The minimum Gasteiger partial charge on any atom is -0.338 e. The van der Waals surface area contributed by atoms with E-state index >= 15 is 0 Å². The Kier molecular flexibility index (Phi) is 5.36. The highest BCUT2D eigenvalue weighted by Gasteiger charge is 2.37. The second kappa shape index (κ2) is 7.41. The van der Waals surface area contributed by atoms with Gasteiger partial charge in [0.1, 0.15) is 0 Å². The monoisotopic (exact) mass is 384 g/mol. The summed E-state index contributed by atoms with van der Waals surface area (Å²) < 4.78 is 39.7. The smallest absolute Gasteiger partial charge is 0.338 e. The second-order valence-electron chi connectivity index (χ2n) is 6.85. The third-order valence-electron chi connectivity index (χ3n) is 5.03. The Morgan fingerprint density at radius 1 is 1.30 bits per heavy atom. The largest absolute Gasteiger partial charge is 0.453 e. The lowest BCUT2D eigenvalue weighted by Crippen LogP contribution is -2.40. The third-order valence-corrected chi connectivity index (χ3v) is 5.03. The molecule has 0 saturated carbocycles. The molecule has 1 saturated heterocycles. The van der Waals surface area contributed by atoms with Crippen molar-refractivity contribution >= 4 is 11.7 Å². The van der Waals surface area contributed by atoms with Gasteiger partial charge in [0.2, 0.25) is 5.91 Å². The molecule has 0 bridgehead atoms. The molecule has 2 aromatic heterocycles. The molecule has 1 aliphatic heterocycles. The van der Waals surface area contributed by atoms with E-state index in [4.69, 9.17) is 0 Å². The zero-order chi connectivity index (χ0) is 19.8. The molecule has 3 heterocycles. The molecule has 27 heavy (non-hydrogen) atoms. The van der Waals surface area contributed by atoms with Crippen LogP contribution in [0.5, 0.6) is 0 Å². The fourth-order valence-corrected chi connectivity index (χ4v) is 3.68. The van der Waals surface area contributed by atoms with Crippen LogP contribution in [0.2, 0.25) is 0 Å². The van der Waals surface area contributed by atoms with Crippen LogP contribution in [0.3, 0.4) is 0 Å². The van der Waals surface area contributed by atoms with Gasteiger partial charge in [-0.3, -0.25) is 4.79 Å². The number of nitrogens with one attached hydrogen (secondary N) is 1. The fraction of sp³-hybridized carbons (Fsp3) is 0.647. The van der Waals surface area contributed by atoms with E-state index < -0.39 is 12.0 Å². The number of nitrogens with zero attached hydrogens (tertiary/aromatic N) is 5. The summed E-state index contributed by atoms with van der Waals surface area (Å²) in [6, 6.07) is 0.204. The molecule has 3 rings (SSSR count). The third kappa shape index (κ3) is 3.90. The van der Waals surface area contributed by atoms with E-state index in [0.717, 1.165) is 36.0 Å². The molecule has 1 atom stereocenters. The highest BCUT2D eigenvalue weighted by molar-refractivity contribution is 5.77. The van der Waals surface area contributed by atoms with Gasteiger partial charge in [-0.2, -0.15) is 18.2 Å². The SMILES string of the molecule is CNCC1CCCN1C(=O)CCc1c(C)nc2nc(C(F)(F)F)nn2c1C. The van der Waals surface area contributed by atoms with Crippen molar-refractivity contribution in [2.75, 3.05) is 20.1 Å².